The van der Waals surface area contributed by atoms with Gasteiger partial charge in [0.25, 0.3) is 0 Å². The number of H-pyrrole nitrogens is 1. The molecule has 0 aliphatic rings. The summed E-state index contributed by atoms with van der Waals surface area (Å²) in [4.78, 5) is 14.2. The summed E-state index contributed by atoms with van der Waals surface area (Å²) in [6.07, 6.45) is 1.95. The minimum Gasteiger partial charge on any atom is -0.496 e. The summed E-state index contributed by atoms with van der Waals surface area (Å²) in [5.41, 5.74) is 3.43. The SMILES string of the molecule is CCCc1ccc(OC)c2cc(-c3ccc(-c4ccc(C(=O)O)o4)[nH]3)oc12. The molecule has 0 fully saturated rings. The van der Waals surface area contributed by atoms with Crippen molar-refractivity contribution in [3.05, 3.63) is 53.8 Å². The van der Waals surface area contributed by atoms with E-state index in [-0.39, 0.29) is 5.76 Å². The molecule has 1 aromatic carbocycles. The van der Waals surface area contributed by atoms with Crippen molar-refractivity contribution in [2.75, 3.05) is 7.11 Å². The second kappa shape index (κ2) is 6.72. The number of carboxylic acids is 1. The maximum absolute atomic E-state index is 11.0. The predicted octanol–water partition coefficient (Wildman–Crippen LogP) is 5.35. The van der Waals surface area contributed by atoms with Gasteiger partial charge in [-0.05, 0) is 48.4 Å². The van der Waals surface area contributed by atoms with Crippen LogP contribution in [-0.2, 0) is 6.42 Å². The quantitative estimate of drug-likeness (QED) is 0.481. The molecule has 0 aliphatic heterocycles. The molecular weight excluding hydrogens is 346 g/mol. The lowest BCUT2D eigenvalue weighted by Gasteiger charge is -2.04. The molecule has 2 N–H and O–H groups in total. The van der Waals surface area contributed by atoms with Gasteiger partial charge in [0, 0.05) is 0 Å². The van der Waals surface area contributed by atoms with Crippen molar-refractivity contribution in [3.8, 4) is 28.7 Å². The number of hydrogen-bond acceptors (Lipinski definition) is 4. The van der Waals surface area contributed by atoms with Crippen molar-refractivity contribution in [2.24, 2.45) is 0 Å². The van der Waals surface area contributed by atoms with E-state index in [4.69, 9.17) is 18.7 Å². The van der Waals surface area contributed by atoms with Crippen LogP contribution in [0.5, 0.6) is 5.75 Å². The van der Waals surface area contributed by atoms with Crippen molar-refractivity contribution in [1.82, 2.24) is 4.98 Å². The van der Waals surface area contributed by atoms with Gasteiger partial charge in [-0.1, -0.05) is 19.4 Å². The van der Waals surface area contributed by atoms with E-state index in [1.165, 1.54) is 6.07 Å². The van der Waals surface area contributed by atoms with Crippen molar-refractivity contribution in [2.45, 2.75) is 19.8 Å². The van der Waals surface area contributed by atoms with Crippen LogP contribution in [0.1, 0.15) is 29.5 Å². The Kier molecular flexibility index (Phi) is 4.24. The number of carboxylic acid groups (broad SMARTS) is 1. The minimum absolute atomic E-state index is 0.0983. The van der Waals surface area contributed by atoms with Crippen molar-refractivity contribution in [3.63, 3.8) is 0 Å². The molecule has 0 bridgehead atoms. The summed E-state index contributed by atoms with van der Waals surface area (Å²) in [5.74, 6) is 0.714. The van der Waals surface area contributed by atoms with Gasteiger partial charge in [0.15, 0.2) is 11.5 Å². The Hall–Kier alpha value is -3.41. The van der Waals surface area contributed by atoms with Gasteiger partial charge in [0.1, 0.15) is 11.3 Å². The molecule has 0 aliphatic carbocycles. The molecule has 4 aromatic rings. The highest BCUT2D eigenvalue weighted by Crippen LogP contribution is 2.36. The number of hydrogen-bond donors (Lipinski definition) is 2. The first-order valence-corrected chi connectivity index (χ1v) is 8.73. The summed E-state index contributed by atoms with van der Waals surface area (Å²) in [7, 11) is 1.64. The third-order valence-electron chi connectivity index (χ3n) is 4.50. The molecule has 3 aromatic heterocycles. The number of ether oxygens (including phenoxy) is 1. The fourth-order valence-electron chi connectivity index (χ4n) is 3.21. The summed E-state index contributed by atoms with van der Waals surface area (Å²) in [6, 6.07) is 12.7. The molecular formula is C21H19NO5. The number of aromatic nitrogens is 1. The number of fused-ring (bicyclic) bond motifs is 1. The lowest BCUT2D eigenvalue weighted by atomic mass is 10.1. The molecule has 0 saturated carbocycles. The number of rotatable bonds is 6. The number of methoxy groups -OCH3 is 1. The number of furan rings is 2. The molecule has 4 rings (SSSR count). The molecule has 6 nitrogen and oxygen atoms in total. The van der Waals surface area contributed by atoms with Crippen LogP contribution in [0.2, 0.25) is 0 Å². The van der Waals surface area contributed by atoms with Crippen LogP contribution < -0.4 is 4.74 Å². The zero-order valence-corrected chi connectivity index (χ0v) is 15.0. The van der Waals surface area contributed by atoms with Gasteiger partial charge in [-0.2, -0.15) is 0 Å². The van der Waals surface area contributed by atoms with E-state index in [0.29, 0.717) is 17.2 Å². The van der Waals surface area contributed by atoms with Gasteiger partial charge in [-0.15, -0.1) is 0 Å². The van der Waals surface area contributed by atoms with E-state index in [2.05, 4.69) is 11.9 Å². The summed E-state index contributed by atoms with van der Waals surface area (Å²) in [6.45, 7) is 2.13. The van der Waals surface area contributed by atoms with Crippen molar-refractivity contribution >= 4 is 16.9 Å². The second-order valence-corrected chi connectivity index (χ2v) is 6.29. The zero-order valence-electron chi connectivity index (χ0n) is 15.0. The molecule has 0 spiro atoms. The lowest BCUT2D eigenvalue weighted by Crippen LogP contribution is -1.91. The molecule has 0 amide bonds. The third-order valence-corrected chi connectivity index (χ3v) is 4.50. The summed E-state index contributed by atoms with van der Waals surface area (Å²) < 4.78 is 17.0. The minimum atomic E-state index is -1.10. The van der Waals surface area contributed by atoms with E-state index in [0.717, 1.165) is 40.8 Å². The first-order chi connectivity index (χ1) is 13.1. The highest BCUT2D eigenvalue weighted by Gasteiger charge is 2.16. The molecule has 6 heteroatoms. The van der Waals surface area contributed by atoms with Crippen LogP contribution in [-0.4, -0.2) is 23.2 Å². The van der Waals surface area contributed by atoms with E-state index in [1.807, 2.05) is 30.3 Å². The number of benzene rings is 1. The van der Waals surface area contributed by atoms with Gasteiger partial charge in [0.2, 0.25) is 5.76 Å². The van der Waals surface area contributed by atoms with Crippen molar-refractivity contribution < 1.29 is 23.5 Å². The van der Waals surface area contributed by atoms with Gasteiger partial charge < -0.3 is 23.7 Å². The Labute approximate surface area is 155 Å². The molecule has 138 valence electrons. The smallest absolute Gasteiger partial charge is 0.371 e. The first kappa shape index (κ1) is 17.0. The van der Waals surface area contributed by atoms with Crippen LogP contribution in [0.4, 0.5) is 0 Å². The number of aromatic carboxylic acids is 1. The van der Waals surface area contributed by atoms with E-state index in [9.17, 15) is 4.79 Å². The van der Waals surface area contributed by atoms with Crippen LogP contribution in [0.25, 0.3) is 33.9 Å². The standard InChI is InChI=1S/C21H19NO5/c1-3-4-12-5-8-16(25-2)13-11-19(27-20(12)13)15-7-6-14(22-15)17-9-10-18(26-17)21(23)24/h5-11,22H,3-4H2,1-2H3,(H,23,24). The fraction of sp³-hybridized carbons (Fsp3) is 0.190. The van der Waals surface area contributed by atoms with Gasteiger partial charge in [0.05, 0.1) is 23.9 Å². The monoisotopic (exact) mass is 365 g/mol. The highest BCUT2D eigenvalue weighted by atomic mass is 16.5. The van der Waals surface area contributed by atoms with Crippen LogP contribution >= 0.6 is 0 Å². The third kappa shape index (κ3) is 2.99. The summed E-state index contributed by atoms with van der Waals surface area (Å²) >= 11 is 0. The fourth-order valence-corrected chi connectivity index (χ4v) is 3.21. The predicted molar refractivity (Wildman–Crippen MR) is 101 cm³/mol. The molecule has 0 saturated heterocycles. The van der Waals surface area contributed by atoms with Gasteiger partial charge in [-0.25, -0.2) is 4.79 Å². The van der Waals surface area contributed by atoms with Gasteiger partial charge >= 0.3 is 5.97 Å². The normalized spacial score (nSPS) is 11.2. The van der Waals surface area contributed by atoms with Crippen molar-refractivity contribution in [1.29, 1.82) is 0 Å². The second-order valence-electron chi connectivity index (χ2n) is 6.29. The number of nitrogens with one attached hydrogen (secondary N) is 1. The lowest BCUT2D eigenvalue weighted by molar-refractivity contribution is 0.0663. The number of aryl methyl sites for hydroxylation is 1. The Balaban J connectivity index is 1.75. The molecule has 0 radical (unpaired) electrons. The Morgan fingerprint density at radius 2 is 1.85 bits per heavy atom. The maximum atomic E-state index is 11.0. The Morgan fingerprint density at radius 3 is 2.52 bits per heavy atom. The maximum Gasteiger partial charge on any atom is 0.371 e. The number of carbonyl (C=O) groups is 1. The topological polar surface area (TPSA) is 88.6 Å². The Bertz CT molecular complexity index is 1110. The summed E-state index contributed by atoms with van der Waals surface area (Å²) in [5, 5.41) is 9.93. The molecule has 0 atom stereocenters. The van der Waals surface area contributed by atoms with Crippen LogP contribution in [0.15, 0.2) is 51.3 Å². The van der Waals surface area contributed by atoms with E-state index < -0.39 is 5.97 Å². The van der Waals surface area contributed by atoms with Gasteiger partial charge in [-0.3, -0.25) is 0 Å². The largest absolute Gasteiger partial charge is 0.496 e. The number of aromatic amines is 1. The average Bonchev–Trinajstić information content (AvgIpc) is 3.39. The molecule has 0 unspecified atom stereocenters. The van der Waals surface area contributed by atoms with Crippen LogP contribution in [0, 0.1) is 0 Å². The zero-order chi connectivity index (χ0) is 19.0. The first-order valence-electron chi connectivity index (χ1n) is 8.73. The highest BCUT2D eigenvalue weighted by molar-refractivity contribution is 5.90. The van der Waals surface area contributed by atoms with E-state index in [1.54, 1.807) is 13.2 Å². The van der Waals surface area contributed by atoms with Crippen LogP contribution in [0.3, 0.4) is 0 Å². The average molecular weight is 365 g/mol. The van der Waals surface area contributed by atoms with E-state index >= 15 is 0 Å². The molecule has 27 heavy (non-hydrogen) atoms. The Morgan fingerprint density at radius 1 is 1.07 bits per heavy atom. The molecule has 3 heterocycles.